The first-order valence-electron chi connectivity index (χ1n) is 10.9. The first-order chi connectivity index (χ1) is 15.1. The Hall–Kier alpha value is -2.93. The summed E-state index contributed by atoms with van der Waals surface area (Å²) in [5.74, 6) is 1.23. The largest absolute Gasteiger partial charge is 0.361 e. The zero-order chi connectivity index (χ0) is 21.4. The average molecular weight is 435 g/mol. The van der Waals surface area contributed by atoms with Gasteiger partial charge in [-0.25, -0.2) is 4.98 Å². The second-order valence-corrected chi connectivity index (χ2v) is 9.59. The number of aromatic amines is 2. The van der Waals surface area contributed by atoms with Gasteiger partial charge in [-0.1, -0.05) is 25.1 Å². The third-order valence-corrected chi connectivity index (χ3v) is 7.34. The molecule has 3 aromatic heterocycles. The zero-order valence-electron chi connectivity index (χ0n) is 17.6. The van der Waals surface area contributed by atoms with Crippen molar-refractivity contribution in [3.8, 4) is 0 Å². The van der Waals surface area contributed by atoms with Crippen LogP contribution >= 0.6 is 11.3 Å². The molecule has 1 aliphatic rings. The van der Waals surface area contributed by atoms with Crippen molar-refractivity contribution in [3.63, 3.8) is 0 Å². The molecule has 4 aromatic rings. The number of carbonyl (C=O) groups is 1. The van der Waals surface area contributed by atoms with Crippen LogP contribution in [0.4, 0.5) is 0 Å². The number of nitrogens with zero attached hydrogens (tertiary/aromatic N) is 1. The van der Waals surface area contributed by atoms with Gasteiger partial charge in [0.1, 0.15) is 10.7 Å². The zero-order valence-corrected chi connectivity index (χ0v) is 18.4. The van der Waals surface area contributed by atoms with Gasteiger partial charge in [0.05, 0.1) is 5.39 Å². The maximum atomic E-state index is 12.7. The third-order valence-electron chi connectivity index (χ3n) is 6.19. The SMILES string of the molecule is C[C@H]1CCc2c(sc3nc(CCC(=O)NCCc4c[nH]c5ccccc45)[nH]c(=O)c23)C1. The van der Waals surface area contributed by atoms with Crippen LogP contribution in [0.3, 0.4) is 0 Å². The van der Waals surface area contributed by atoms with E-state index in [9.17, 15) is 9.59 Å². The van der Waals surface area contributed by atoms with Crippen LogP contribution in [0.25, 0.3) is 21.1 Å². The number of rotatable bonds is 6. The fourth-order valence-corrected chi connectivity index (χ4v) is 5.91. The van der Waals surface area contributed by atoms with Crippen LogP contribution in [0.2, 0.25) is 0 Å². The van der Waals surface area contributed by atoms with Crippen LogP contribution in [0.5, 0.6) is 0 Å². The Balaban J connectivity index is 1.19. The lowest BCUT2D eigenvalue weighted by Gasteiger charge is -2.17. The second-order valence-electron chi connectivity index (χ2n) is 8.50. The van der Waals surface area contributed by atoms with Crippen molar-refractivity contribution in [3.05, 3.63) is 62.6 Å². The Morgan fingerprint density at radius 3 is 3.06 bits per heavy atom. The summed E-state index contributed by atoms with van der Waals surface area (Å²) >= 11 is 1.64. The second kappa shape index (κ2) is 8.30. The number of hydrogen-bond acceptors (Lipinski definition) is 4. The maximum absolute atomic E-state index is 12.7. The summed E-state index contributed by atoms with van der Waals surface area (Å²) < 4.78 is 0. The molecule has 1 aromatic carbocycles. The van der Waals surface area contributed by atoms with Gasteiger partial charge in [-0.15, -0.1) is 11.3 Å². The molecule has 3 N–H and O–H groups in total. The number of H-pyrrole nitrogens is 2. The molecule has 7 heteroatoms. The minimum atomic E-state index is -0.0632. The topological polar surface area (TPSA) is 90.6 Å². The molecule has 0 bridgehead atoms. The molecule has 0 unspecified atom stereocenters. The van der Waals surface area contributed by atoms with E-state index in [-0.39, 0.29) is 11.5 Å². The van der Waals surface area contributed by atoms with E-state index in [0.29, 0.717) is 31.1 Å². The normalized spacial score (nSPS) is 16.0. The Morgan fingerprint density at radius 2 is 2.16 bits per heavy atom. The predicted octanol–water partition coefficient (Wildman–Crippen LogP) is 3.88. The van der Waals surface area contributed by atoms with E-state index in [0.717, 1.165) is 41.4 Å². The molecule has 1 atom stereocenters. The van der Waals surface area contributed by atoms with Gasteiger partial charge in [-0.3, -0.25) is 9.59 Å². The summed E-state index contributed by atoms with van der Waals surface area (Å²) in [5, 5.41) is 4.94. The summed E-state index contributed by atoms with van der Waals surface area (Å²) in [4.78, 5) is 38.0. The van der Waals surface area contributed by atoms with E-state index in [2.05, 4.69) is 33.3 Å². The highest BCUT2D eigenvalue weighted by molar-refractivity contribution is 7.18. The third kappa shape index (κ3) is 4.02. The van der Waals surface area contributed by atoms with Crippen LogP contribution in [0.15, 0.2) is 35.3 Å². The van der Waals surface area contributed by atoms with Gasteiger partial charge < -0.3 is 15.3 Å². The number of fused-ring (bicyclic) bond motifs is 4. The van der Waals surface area contributed by atoms with Gasteiger partial charge in [-0.05, 0) is 48.8 Å². The standard InChI is InChI=1S/C24H26N4O2S/c1-14-6-7-17-19(12-14)31-24-22(17)23(30)27-20(28-24)8-9-21(29)25-11-10-15-13-26-18-5-3-2-4-16(15)18/h2-5,13-14,26H,6-12H2,1H3,(H,25,29)(H,27,28,30)/t14-/m0/s1. The molecule has 0 fully saturated rings. The number of hydrogen-bond donors (Lipinski definition) is 3. The van der Waals surface area contributed by atoms with Crippen LogP contribution in [0.1, 0.15) is 41.6 Å². The van der Waals surface area contributed by atoms with Gasteiger partial charge in [0.2, 0.25) is 5.91 Å². The molecular weight excluding hydrogens is 408 g/mol. The summed E-state index contributed by atoms with van der Waals surface area (Å²) in [6.45, 7) is 2.84. The van der Waals surface area contributed by atoms with Crippen molar-refractivity contribution in [2.24, 2.45) is 5.92 Å². The molecule has 3 heterocycles. The molecule has 0 saturated heterocycles. The number of benzene rings is 1. The summed E-state index contributed by atoms with van der Waals surface area (Å²) in [7, 11) is 0. The highest BCUT2D eigenvalue weighted by atomic mass is 32.1. The molecule has 0 aliphatic heterocycles. The monoisotopic (exact) mass is 434 g/mol. The molecule has 0 saturated carbocycles. The molecule has 5 rings (SSSR count). The minimum Gasteiger partial charge on any atom is -0.361 e. The van der Waals surface area contributed by atoms with Gasteiger partial charge in [0.25, 0.3) is 5.56 Å². The molecule has 0 spiro atoms. The van der Waals surface area contributed by atoms with Crippen LogP contribution in [-0.4, -0.2) is 27.4 Å². The van der Waals surface area contributed by atoms with Crippen molar-refractivity contribution in [1.29, 1.82) is 0 Å². The van der Waals surface area contributed by atoms with Crippen molar-refractivity contribution < 1.29 is 4.79 Å². The van der Waals surface area contributed by atoms with E-state index in [4.69, 9.17) is 0 Å². The number of thiophene rings is 1. The first-order valence-corrected chi connectivity index (χ1v) is 11.8. The molecule has 31 heavy (non-hydrogen) atoms. The number of para-hydroxylation sites is 1. The fourth-order valence-electron chi connectivity index (χ4n) is 4.51. The Labute approximate surface area is 184 Å². The highest BCUT2D eigenvalue weighted by Gasteiger charge is 2.23. The average Bonchev–Trinajstić information content (AvgIpc) is 3.33. The van der Waals surface area contributed by atoms with Crippen LogP contribution < -0.4 is 10.9 Å². The minimum absolute atomic E-state index is 0.0260. The van der Waals surface area contributed by atoms with Gasteiger partial charge in [0, 0.05) is 41.4 Å². The summed E-state index contributed by atoms with van der Waals surface area (Å²) in [5.41, 5.74) is 3.43. The summed E-state index contributed by atoms with van der Waals surface area (Å²) in [6.07, 6.45) is 6.63. The quantitative estimate of drug-likeness (QED) is 0.430. The number of nitrogens with one attached hydrogen (secondary N) is 3. The number of amides is 1. The molecule has 0 radical (unpaired) electrons. The first kappa shape index (κ1) is 20.0. The van der Waals surface area contributed by atoms with E-state index < -0.39 is 0 Å². The lowest BCUT2D eigenvalue weighted by molar-refractivity contribution is -0.121. The van der Waals surface area contributed by atoms with E-state index in [1.54, 1.807) is 11.3 Å². The molecule has 1 aliphatic carbocycles. The smallest absolute Gasteiger partial charge is 0.259 e. The lowest BCUT2D eigenvalue weighted by Crippen LogP contribution is -2.26. The number of aromatic nitrogens is 3. The summed E-state index contributed by atoms with van der Waals surface area (Å²) in [6, 6.07) is 8.16. The molecular formula is C24H26N4O2S. The van der Waals surface area contributed by atoms with Crippen molar-refractivity contribution in [2.45, 2.75) is 45.4 Å². The molecule has 160 valence electrons. The highest BCUT2D eigenvalue weighted by Crippen LogP contribution is 2.35. The van der Waals surface area contributed by atoms with Crippen molar-refractivity contribution in [1.82, 2.24) is 20.3 Å². The molecule has 6 nitrogen and oxygen atoms in total. The number of carbonyl (C=O) groups excluding carboxylic acids is 1. The number of aryl methyl sites for hydroxylation is 2. The Kier molecular flexibility index (Phi) is 5.36. The van der Waals surface area contributed by atoms with Gasteiger partial charge >= 0.3 is 0 Å². The van der Waals surface area contributed by atoms with E-state index in [1.807, 2.05) is 24.4 Å². The van der Waals surface area contributed by atoms with Gasteiger partial charge in [0.15, 0.2) is 0 Å². The predicted molar refractivity (Wildman–Crippen MR) is 125 cm³/mol. The Morgan fingerprint density at radius 1 is 1.29 bits per heavy atom. The van der Waals surface area contributed by atoms with E-state index >= 15 is 0 Å². The lowest BCUT2D eigenvalue weighted by atomic mass is 9.89. The maximum Gasteiger partial charge on any atom is 0.259 e. The fraction of sp³-hybridized carbons (Fsp3) is 0.375. The van der Waals surface area contributed by atoms with Gasteiger partial charge in [-0.2, -0.15) is 0 Å². The Bertz CT molecular complexity index is 1320. The van der Waals surface area contributed by atoms with E-state index in [1.165, 1.54) is 21.4 Å². The van der Waals surface area contributed by atoms with Crippen LogP contribution in [-0.2, 0) is 30.5 Å². The van der Waals surface area contributed by atoms with Crippen molar-refractivity contribution >= 4 is 38.4 Å². The van der Waals surface area contributed by atoms with Crippen LogP contribution in [0, 0.1) is 5.92 Å². The van der Waals surface area contributed by atoms with Crippen molar-refractivity contribution in [2.75, 3.05) is 6.54 Å². The molecule has 1 amide bonds.